The van der Waals surface area contributed by atoms with Crippen molar-refractivity contribution < 1.29 is 28.9 Å². The van der Waals surface area contributed by atoms with Crippen LogP contribution in [0, 0.1) is 10.7 Å². The van der Waals surface area contributed by atoms with Gasteiger partial charge in [-0.05, 0) is 197 Å². The molecule has 1 N–H and O–H groups in total. The minimum absolute atomic E-state index is 0.0113. The molecule has 0 heterocycles. The molecule has 1 atom stereocenters. The molecule has 6 aromatic rings. The average molecular weight is 1000 g/mol. The molecule has 0 saturated heterocycles. The first kappa shape index (κ1) is 35.2. The fraction of sp³-hybridized carbons (Fsp3) is 0.0256. The quantitative estimate of drug-likeness (QED) is 0.0616. The summed E-state index contributed by atoms with van der Waals surface area (Å²) in [6.45, 7) is -0.0113. The molecule has 246 valence electrons. The number of aromatic hydroxyl groups is 1. The first-order valence-electron chi connectivity index (χ1n) is 14.9. The zero-order valence-electron chi connectivity index (χ0n) is 25.6. The van der Waals surface area contributed by atoms with Crippen LogP contribution in [0.25, 0.3) is 0 Å². The predicted molar refractivity (Wildman–Crippen MR) is 216 cm³/mol. The molecule has 0 aliphatic carbocycles. The lowest BCUT2D eigenvalue weighted by atomic mass is 10.1. The van der Waals surface area contributed by atoms with Crippen molar-refractivity contribution in [3.05, 3.63) is 167 Å². The van der Waals surface area contributed by atoms with E-state index in [1.165, 1.54) is 11.0 Å². The summed E-state index contributed by atoms with van der Waals surface area (Å²) in [5.74, 6) is 0.764. The van der Waals surface area contributed by atoms with E-state index in [-0.39, 0.29) is 23.5 Å². The van der Waals surface area contributed by atoms with Crippen LogP contribution in [0.5, 0.6) is 23.0 Å². The van der Waals surface area contributed by atoms with Gasteiger partial charge in [-0.25, -0.2) is 9.59 Å². The summed E-state index contributed by atoms with van der Waals surface area (Å²) in [7, 11) is -0.915. The van der Waals surface area contributed by atoms with E-state index < -0.39 is 22.8 Å². The SMILES string of the molecule is O=C(OCc1cc(I)c(O)c(I)c1)c1ccccc1C(=O)Oc1ccc([SH](c2ccccc2)c2ccc(Oc3ccc(I)cc3)cc2)cc1. The van der Waals surface area contributed by atoms with Crippen LogP contribution >= 0.6 is 78.7 Å². The summed E-state index contributed by atoms with van der Waals surface area (Å²) >= 11 is 6.32. The van der Waals surface area contributed by atoms with Crippen LogP contribution in [-0.4, -0.2) is 17.0 Å². The van der Waals surface area contributed by atoms with Crippen molar-refractivity contribution in [3.63, 3.8) is 0 Å². The van der Waals surface area contributed by atoms with Crippen molar-refractivity contribution in [1.82, 2.24) is 0 Å². The number of phenolic OH excluding ortho intramolecular Hbond substituents is 1. The Morgan fingerprint density at radius 2 is 1.04 bits per heavy atom. The summed E-state index contributed by atoms with van der Waals surface area (Å²) < 4.78 is 19.8. The summed E-state index contributed by atoms with van der Waals surface area (Å²) in [6.07, 6.45) is 0. The average Bonchev–Trinajstić information content (AvgIpc) is 3.12. The molecule has 0 amide bonds. The number of carbonyl (C=O) groups is 2. The van der Waals surface area contributed by atoms with E-state index in [0.29, 0.717) is 12.9 Å². The molecule has 0 fully saturated rings. The lowest BCUT2D eigenvalue weighted by molar-refractivity contribution is 0.0465. The van der Waals surface area contributed by atoms with Gasteiger partial charge in [-0.15, -0.1) is 0 Å². The third-order valence-electron chi connectivity index (χ3n) is 7.28. The second-order valence-corrected chi connectivity index (χ2v) is 16.4. The van der Waals surface area contributed by atoms with Gasteiger partial charge in [0.05, 0.1) is 18.3 Å². The number of ether oxygens (including phenoxy) is 3. The molecular formula is C39H27I3O6S. The van der Waals surface area contributed by atoms with Gasteiger partial charge in [0.2, 0.25) is 0 Å². The Labute approximate surface area is 327 Å². The lowest BCUT2D eigenvalue weighted by Gasteiger charge is -2.23. The molecule has 6 aromatic carbocycles. The van der Waals surface area contributed by atoms with E-state index in [1.54, 1.807) is 42.5 Å². The lowest BCUT2D eigenvalue weighted by Crippen LogP contribution is -2.16. The van der Waals surface area contributed by atoms with Gasteiger partial charge >= 0.3 is 11.9 Å². The summed E-state index contributed by atoms with van der Waals surface area (Å²) in [4.78, 5) is 29.8. The maximum atomic E-state index is 13.3. The zero-order valence-corrected chi connectivity index (χ0v) is 32.9. The van der Waals surface area contributed by atoms with Gasteiger partial charge in [-0.3, -0.25) is 0 Å². The van der Waals surface area contributed by atoms with Gasteiger partial charge < -0.3 is 19.3 Å². The monoisotopic (exact) mass is 1000 g/mol. The Kier molecular flexibility index (Phi) is 11.8. The van der Waals surface area contributed by atoms with Gasteiger partial charge in [0.25, 0.3) is 0 Å². The zero-order chi connectivity index (χ0) is 34.3. The van der Waals surface area contributed by atoms with Crippen LogP contribution < -0.4 is 9.47 Å². The highest BCUT2D eigenvalue weighted by molar-refractivity contribution is 14.1. The van der Waals surface area contributed by atoms with E-state index >= 15 is 0 Å². The number of halogens is 3. The summed E-state index contributed by atoms with van der Waals surface area (Å²) in [5, 5.41) is 10.0. The summed E-state index contributed by atoms with van der Waals surface area (Å²) in [5.41, 5.74) is 0.932. The minimum atomic E-state index is -0.915. The maximum absolute atomic E-state index is 13.3. The summed E-state index contributed by atoms with van der Waals surface area (Å²) in [6, 6.07) is 43.8. The fourth-order valence-electron chi connectivity index (χ4n) is 4.92. The number of thiol groups is 1. The fourth-order valence-corrected chi connectivity index (χ4v) is 9.43. The highest BCUT2D eigenvalue weighted by Gasteiger charge is 2.21. The van der Waals surface area contributed by atoms with Crippen molar-refractivity contribution in [2.75, 3.05) is 0 Å². The number of hydrogen-bond acceptors (Lipinski definition) is 6. The standard InChI is InChI=1S/C39H27I3O6S/c40-26-10-12-27(13-11-26)47-28-14-18-31(19-15-28)49(30-6-2-1-3-7-30)32-20-16-29(17-21-32)48-39(45)34-9-5-4-8-33(34)38(44)46-24-25-22-35(41)37(43)36(42)23-25/h1-23,43,49H,24H2. The molecule has 0 spiro atoms. The van der Waals surface area contributed by atoms with Gasteiger partial charge in [0.15, 0.2) is 0 Å². The first-order chi connectivity index (χ1) is 23.7. The molecule has 0 aromatic heterocycles. The normalized spacial score (nSPS) is 11.8. The number of esters is 2. The molecule has 0 radical (unpaired) electrons. The van der Waals surface area contributed by atoms with Gasteiger partial charge in [0, 0.05) is 3.57 Å². The highest BCUT2D eigenvalue weighted by Crippen LogP contribution is 2.51. The Morgan fingerprint density at radius 1 is 0.571 bits per heavy atom. The molecule has 6 rings (SSSR count). The Balaban J connectivity index is 1.17. The van der Waals surface area contributed by atoms with Crippen LogP contribution in [0.3, 0.4) is 0 Å². The molecule has 6 nitrogen and oxygen atoms in total. The van der Waals surface area contributed by atoms with E-state index in [0.717, 1.165) is 30.4 Å². The number of phenols is 1. The largest absolute Gasteiger partial charge is 0.506 e. The van der Waals surface area contributed by atoms with E-state index in [4.69, 9.17) is 14.2 Å². The highest BCUT2D eigenvalue weighted by atomic mass is 127. The van der Waals surface area contributed by atoms with Crippen molar-refractivity contribution in [3.8, 4) is 23.0 Å². The van der Waals surface area contributed by atoms with Crippen LogP contribution in [0.15, 0.2) is 154 Å². The number of rotatable bonds is 10. The molecule has 0 bridgehead atoms. The maximum Gasteiger partial charge on any atom is 0.344 e. The topological polar surface area (TPSA) is 82.1 Å². The molecule has 0 aliphatic rings. The third-order valence-corrected chi connectivity index (χ3v) is 12.1. The Morgan fingerprint density at radius 3 is 1.61 bits per heavy atom. The second-order valence-electron chi connectivity index (χ2n) is 10.6. The molecule has 1 unspecified atom stereocenters. The van der Waals surface area contributed by atoms with Crippen LogP contribution in [-0.2, 0) is 11.3 Å². The van der Waals surface area contributed by atoms with Crippen LogP contribution in [0.4, 0.5) is 0 Å². The number of carbonyl (C=O) groups excluding carboxylic acids is 2. The first-order valence-corrected chi connectivity index (χ1v) is 19.5. The predicted octanol–water partition coefficient (Wildman–Crippen LogP) is 11.1. The van der Waals surface area contributed by atoms with Crippen molar-refractivity contribution in [1.29, 1.82) is 0 Å². The third kappa shape index (κ3) is 8.96. The molecule has 10 heteroatoms. The molecular weight excluding hydrogens is 977 g/mol. The van der Waals surface area contributed by atoms with Crippen LogP contribution in [0.1, 0.15) is 26.3 Å². The number of hydrogen-bond donors (Lipinski definition) is 2. The molecule has 0 saturated carbocycles. The van der Waals surface area contributed by atoms with Gasteiger partial charge in [0.1, 0.15) is 29.6 Å². The van der Waals surface area contributed by atoms with Gasteiger partial charge in [-0.2, -0.15) is 10.9 Å². The Bertz CT molecular complexity index is 2070. The van der Waals surface area contributed by atoms with Crippen molar-refractivity contribution in [2.45, 2.75) is 21.3 Å². The second kappa shape index (κ2) is 16.4. The smallest absolute Gasteiger partial charge is 0.344 e. The van der Waals surface area contributed by atoms with E-state index in [9.17, 15) is 14.7 Å². The molecule has 0 aliphatic heterocycles. The van der Waals surface area contributed by atoms with Gasteiger partial charge in [-0.1, -0.05) is 30.3 Å². The van der Waals surface area contributed by atoms with E-state index in [1.807, 2.05) is 112 Å². The van der Waals surface area contributed by atoms with Crippen LogP contribution in [0.2, 0.25) is 0 Å². The van der Waals surface area contributed by atoms with E-state index in [2.05, 4.69) is 46.9 Å². The van der Waals surface area contributed by atoms with Crippen molar-refractivity contribution in [2.24, 2.45) is 0 Å². The molecule has 49 heavy (non-hydrogen) atoms. The minimum Gasteiger partial charge on any atom is -0.506 e. The Hall–Kier alpha value is -3.60. The van der Waals surface area contributed by atoms with Crippen molar-refractivity contribution >= 4 is 90.6 Å². The number of benzene rings is 6.